The first-order chi connectivity index (χ1) is 7.36. The summed E-state index contributed by atoms with van der Waals surface area (Å²) in [5.41, 5.74) is 1.12. The molecular weight excluding hydrogens is 206 g/mol. The molecule has 0 aliphatic rings. The molecular formula is C12H19NOS. The first-order valence-corrected chi connectivity index (χ1v) is 6.07. The van der Waals surface area contributed by atoms with Gasteiger partial charge in [-0.1, -0.05) is 13.3 Å². The van der Waals surface area contributed by atoms with Gasteiger partial charge in [0.1, 0.15) is 5.75 Å². The predicted octanol–water partition coefficient (Wildman–Crippen LogP) is 3.21. The number of unbranched alkanes of at least 4 members (excludes halogenated alkanes) is 1. The summed E-state index contributed by atoms with van der Waals surface area (Å²) in [6.45, 7) is 3.85. The van der Waals surface area contributed by atoms with Crippen LogP contribution in [0.2, 0.25) is 0 Å². The van der Waals surface area contributed by atoms with Crippen molar-refractivity contribution in [3.8, 4) is 5.75 Å². The molecule has 0 saturated heterocycles. The third-order valence-electron chi connectivity index (χ3n) is 2.06. The molecule has 0 unspecified atom stereocenters. The van der Waals surface area contributed by atoms with Gasteiger partial charge in [-0.15, -0.1) is 0 Å². The van der Waals surface area contributed by atoms with Crippen LogP contribution in [0.1, 0.15) is 19.8 Å². The maximum atomic E-state index is 5.56. The summed E-state index contributed by atoms with van der Waals surface area (Å²) in [6.07, 6.45) is 2.28. The highest BCUT2D eigenvalue weighted by molar-refractivity contribution is 7.80. The lowest BCUT2D eigenvalue weighted by molar-refractivity contribution is 0.309. The first-order valence-electron chi connectivity index (χ1n) is 5.44. The lowest BCUT2D eigenvalue weighted by Gasteiger charge is -2.07. The van der Waals surface area contributed by atoms with Gasteiger partial charge in [0.05, 0.1) is 6.61 Å². The summed E-state index contributed by atoms with van der Waals surface area (Å²) in [5.74, 6) is 1.79. The average Bonchev–Trinajstić information content (AvgIpc) is 2.28. The van der Waals surface area contributed by atoms with Gasteiger partial charge in [-0.3, -0.25) is 0 Å². The van der Waals surface area contributed by atoms with Gasteiger partial charge in [-0.25, -0.2) is 0 Å². The minimum atomic E-state index is 0.805. The molecule has 0 spiro atoms. The fraction of sp³-hybridized carbons (Fsp3) is 0.500. The van der Waals surface area contributed by atoms with E-state index in [1.165, 1.54) is 6.42 Å². The van der Waals surface area contributed by atoms with E-state index in [1.54, 1.807) is 0 Å². The predicted molar refractivity (Wildman–Crippen MR) is 69.2 cm³/mol. The average molecular weight is 225 g/mol. The Bertz CT molecular complexity index is 261. The van der Waals surface area contributed by atoms with Crippen LogP contribution in [0.3, 0.4) is 0 Å². The highest BCUT2D eigenvalue weighted by atomic mass is 32.1. The molecule has 0 amide bonds. The van der Waals surface area contributed by atoms with Crippen molar-refractivity contribution >= 4 is 18.3 Å². The Kier molecular flexibility index (Phi) is 6.09. The first kappa shape index (κ1) is 12.2. The largest absolute Gasteiger partial charge is 0.494 e. The van der Waals surface area contributed by atoms with Crippen LogP contribution < -0.4 is 10.1 Å². The van der Waals surface area contributed by atoms with Crippen LogP contribution in [-0.4, -0.2) is 18.9 Å². The number of hydrogen-bond donors (Lipinski definition) is 2. The maximum Gasteiger partial charge on any atom is 0.119 e. The van der Waals surface area contributed by atoms with Crippen molar-refractivity contribution in [2.75, 3.05) is 24.2 Å². The lowest BCUT2D eigenvalue weighted by atomic mass is 10.3. The van der Waals surface area contributed by atoms with Gasteiger partial charge >= 0.3 is 0 Å². The van der Waals surface area contributed by atoms with Gasteiger partial charge < -0.3 is 10.1 Å². The monoisotopic (exact) mass is 225 g/mol. The molecule has 15 heavy (non-hydrogen) atoms. The van der Waals surface area contributed by atoms with Gasteiger partial charge in [0.15, 0.2) is 0 Å². The Morgan fingerprint density at radius 2 is 2.00 bits per heavy atom. The zero-order chi connectivity index (χ0) is 10.9. The molecule has 0 saturated carbocycles. The molecule has 2 nitrogen and oxygen atoms in total. The molecule has 0 aliphatic heterocycles. The molecule has 1 aromatic rings. The molecule has 0 atom stereocenters. The van der Waals surface area contributed by atoms with E-state index < -0.39 is 0 Å². The SMILES string of the molecule is CCCCOc1ccc(NCCS)cc1. The normalized spacial score (nSPS) is 10.0. The molecule has 1 rings (SSSR count). The number of benzene rings is 1. The van der Waals surface area contributed by atoms with Crippen molar-refractivity contribution < 1.29 is 4.74 Å². The Morgan fingerprint density at radius 1 is 1.27 bits per heavy atom. The summed E-state index contributed by atoms with van der Waals surface area (Å²) in [4.78, 5) is 0. The topological polar surface area (TPSA) is 21.3 Å². The second kappa shape index (κ2) is 7.46. The minimum absolute atomic E-state index is 0.805. The fourth-order valence-electron chi connectivity index (χ4n) is 1.20. The van der Waals surface area contributed by atoms with E-state index in [4.69, 9.17) is 4.74 Å². The van der Waals surface area contributed by atoms with Crippen LogP contribution in [0.15, 0.2) is 24.3 Å². The Morgan fingerprint density at radius 3 is 2.60 bits per heavy atom. The molecule has 0 bridgehead atoms. The van der Waals surface area contributed by atoms with Gasteiger partial charge in [0.2, 0.25) is 0 Å². The van der Waals surface area contributed by atoms with Crippen molar-refractivity contribution in [3.05, 3.63) is 24.3 Å². The van der Waals surface area contributed by atoms with Gasteiger partial charge in [-0.05, 0) is 30.7 Å². The van der Waals surface area contributed by atoms with Crippen LogP contribution in [0.25, 0.3) is 0 Å². The molecule has 0 fully saturated rings. The third kappa shape index (κ3) is 4.98. The van der Waals surface area contributed by atoms with E-state index in [0.717, 1.165) is 36.8 Å². The van der Waals surface area contributed by atoms with Gasteiger partial charge in [-0.2, -0.15) is 12.6 Å². The van der Waals surface area contributed by atoms with Crippen molar-refractivity contribution in [2.24, 2.45) is 0 Å². The molecule has 0 aromatic heterocycles. The zero-order valence-corrected chi connectivity index (χ0v) is 10.1. The molecule has 1 N–H and O–H groups in total. The molecule has 0 radical (unpaired) electrons. The third-order valence-corrected chi connectivity index (χ3v) is 2.29. The van der Waals surface area contributed by atoms with Crippen LogP contribution in [0.5, 0.6) is 5.75 Å². The highest BCUT2D eigenvalue weighted by Gasteiger charge is 1.94. The Labute approximate surface area is 97.4 Å². The fourth-order valence-corrected chi connectivity index (χ4v) is 1.32. The molecule has 3 heteroatoms. The number of anilines is 1. The molecule has 0 heterocycles. The number of nitrogens with one attached hydrogen (secondary N) is 1. The number of thiol groups is 1. The van der Waals surface area contributed by atoms with E-state index >= 15 is 0 Å². The van der Waals surface area contributed by atoms with E-state index in [-0.39, 0.29) is 0 Å². The summed E-state index contributed by atoms with van der Waals surface area (Å²) in [7, 11) is 0. The summed E-state index contributed by atoms with van der Waals surface area (Å²) >= 11 is 4.14. The quantitative estimate of drug-likeness (QED) is 0.549. The van der Waals surface area contributed by atoms with E-state index in [0.29, 0.717) is 0 Å². The zero-order valence-electron chi connectivity index (χ0n) is 9.20. The van der Waals surface area contributed by atoms with Crippen LogP contribution >= 0.6 is 12.6 Å². The number of rotatable bonds is 7. The molecule has 0 aliphatic carbocycles. The van der Waals surface area contributed by atoms with E-state index in [2.05, 4.69) is 24.9 Å². The summed E-state index contributed by atoms with van der Waals surface area (Å²) in [6, 6.07) is 8.06. The second-order valence-corrected chi connectivity index (χ2v) is 3.82. The molecule has 1 aromatic carbocycles. The smallest absolute Gasteiger partial charge is 0.119 e. The Hall–Kier alpha value is -0.830. The van der Waals surface area contributed by atoms with Crippen molar-refractivity contribution in [3.63, 3.8) is 0 Å². The van der Waals surface area contributed by atoms with Crippen LogP contribution in [0, 0.1) is 0 Å². The number of hydrogen-bond acceptors (Lipinski definition) is 3. The Balaban J connectivity index is 2.35. The number of ether oxygens (including phenoxy) is 1. The molecule has 84 valence electrons. The van der Waals surface area contributed by atoms with Gasteiger partial charge in [0, 0.05) is 18.0 Å². The van der Waals surface area contributed by atoms with Crippen molar-refractivity contribution in [1.82, 2.24) is 0 Å². The van der Waals surface area contributed by atoms with Crippen molar-refractivity contribution in [2.45, 2.75) is 19.8 Å². The van der Waals surface area contributed by atoms with E-state index in [9.17, 15) is 0 Å². The minimum Gasteiger partial charge on any atom is -0.494 e. The summed E-state index contributed by atoms with van der Waals surface area (Å²) in [5, 5.41) is 3.26. The summed E-state index contributed by atoms with van der Waals surface area (Å²) < 4.78 is 5.56. The van der Waals surface area contributed by atoms with Gasteiger partial charge in [0.25, 0.3) is 0 Å². The second-order valence-electron chi connectivity index (χ2n) is 3.38. The van der Waals surface area contributed by atoms with Crippen LogP contribution in [-0.2, 0) is 0 Å². The van der Waals surface area contributed by atoms with E-state index in [1.807, 2.05) is 24.3 Å². The van der Waals surface area contributed by atoms with Crippen LogP contribution in [0.4, 0.5) is 5.69 Å². The maximum absolute atomic E-state index is 5.56. The lowest BCUT2D eigenvalue weighted by Crippen LogP contribution is -2.02. The standard InChI is InChI=1S/C12H19NOS/c1-2-3-9-14-12-6-4-11(5-7-12)13-8-10-15/h4-7,13,15H,2-3,8-10H2,1H3. The highest BCUT2D eigenvalue weighted by Crippen LogP contribution is 2.15. The van der Waals surface area contributed by atoms with Crippen molar-refractivity contribution in [1.29, 1.82) is 0 Å².